The van der Waals surface area contributed by atoms with Gasteiger partial charge in [-0.2, -0.15) is 0 Å². The topological polar surface area (TPSA) is 88.2 Å². The number of nitrogens with zero attached hydrogens (tertiary/aromatic N) is 2. The Morgan fingerprint density at radius 2 is 1.38 bits per heavy atom. The molecule has 1 aliphatic heterocycles. The molecule has 8 nitrogen and oxygen atoms in total. The molecule has 1 unspecified atom stereocenters. The van der Waals surface area contributed by atoms with E-state index in [4.69, 9.17) is 9.47 Å². The molecule has 0 aromatic heterocycles. The van der Waals surface area contributed by atoms with Crippen LogP contribution in [0.1, 0.15) is 34.6 Å². The molecular formula is C25H30FN3O5. The number of nitrogens with one attached hydrogen (secondary N) is 1. The summed E-state index contributed by atoms with van der Waals surface area (Å²) in [6.07, 6.45) is 0. The fraction of sp³-hybridized carbons (Fsp3) is 0.400. The number of rotatable bonds is 7. The van der Waals surface area contributed by atoms with Gasteiger partial charge >= 0.3 is 0 Å². The lowest BCUT2D eigenvalue weighted by atomic mass is 10.0. The largest absolute Gasteiger partial charge is 0.497 e. The third kappa shape index (κ3) is 5.84. The van der Waals surface area contributed by atoms with Gasteiger partial charge < -0.3 is 24.6 Å². The van der Waals surface area contributed by atoms with Crippen LogP contribution in [0.2, 0.25) is 0 Å². The molecule has 1 aliphatic rings. The van der Waals surface area contributed by atoms with E-state index in [2.05, 4.69) is 5.32 Å². The van der Waals surface area contributed by atoms with Crippen molar-refractivity contribution in [3.8, 4) is 11.5 Å². The van der Waals surface area contributed by atoms with Crippen molar-refractivity contribution in [3.05, 3.63) is 59.4 Å². The average Bonchev–Trinajstić information content (AvgIpc) is 2.86. The van der Waals surface area contributed by atoms with Crippen molar-refractivity contribution in [1.82, 2.24) is 15.1 Å². The van der Waals surface area contributed by atoms with Crippen LogP contribution < -0.4 is 14.8 Å². The zero-order valence-corrected chi connectivity index (χ0v) is 19.8. The molecule has 3 amide bonds. The van der Waals surface area contributed by atoms with Crippen LogP contribution in [0.15, 0.2) is 42.5 Å². The van der Waals surface area contributed by atoms with Crippen LogP contribution in [0.5, 0.6) is 11.5 Å². The fourth-order valence-electron chi connectivity index (χ4n) is 3.78. The summed E-state index contributed by atoms with van der Waals surface area (Å²) >= 11 is 0. The third-order valence-corrected chi connectivity index (χ3v) is 5.80. The molecule has 0 saturated carbocycles. The van der Waals surface area contributed by atoms with Gasteiger partial charge in [-0.15, -0.1) is 0 Å². The molecule has 3 rings (SSSR count). The first-order valence-electron chi connectivity index (χ1n) is 11.1. The highest BCUT2D eigenvalue weighted by Gasteiger charge is 2.32. The fourth-order valence-corrected chi connectivity index (χ4v) is 3.78. The Morgan fingerprint density at radius 1 is 0.853 bits per heavy atom. The van der Waals surface area contributed by atoms with Crippen LogP contribution in [0.25, 0.3) is 0 Å². The summed E-state index contributed by atoms with van der Waals surface area (Å²) in [6, 6.07) is 9.44. The van der Waals surface area contributed by atoms with Crippen LogP contribution in [-0.2, 0) is 4.79 Å². The highest BCUT2D eigenvalue weighted by molar-refractivity contribution is 5.98. The van der Waals surface area contributed by atoms with E-state index in [0.717, 1.165) is 0 Å². The number of halogens is 1. The second kappa shape index (κ2) is 11.0. The van der Waals surface area contributed by atoms with Crippen molar-refractivity contribution in [3.63, 3.8) is 0 Å². The lowest BCUT2D eigenvalue weighted by molar-refractivity contribution is -0.135. The Labute approximate surface area is 198 Å². The van der Waals surface area contributed by atoms with Gasteiger partial charge in [-0.05, 0) is 42.3 Å². The summed E-state index contributed by atoms with van der Waals surface area (Å²) in [6.45, 7) is 5.12. The Bertz CT molecular complexity index is 1010. The highest BCUT2D eigenvalue weighted by Crippen LogP contribution is 2.24. The molecule has 182 valence electrons. The predicted octanol–water partition coefficient (Wildman–Crippen LogP) is 2.58. The van der Waals surface area contributed by atoms with Crippen molar-refractivity contribution >= 4 is 17.7 Å². The molecule has 0 spiro atoms. The molecule has 1 saturated heterocycles. The summed E-state index contributed by atoms with van der Waals surface area (Å²) in [5, 5.41) is 2.77. The maximum atomic E-state index is 13.2. The summed E-state index contributed by atoms with van der Waals surface area (Å²) in [5.74, 6) is -0.363. The summed E-state index contributed by atoms with van der Waals surface area (Å²) in [5.41, 5.74) is 0.728. The van der Waals surface area contributed by atoms with Gasteiger partial charge in [0.2, 0.25) is 5.91 Å². The second-order valence-corrected chi connectivity index (χ2v) is 8.42. The molecular weight excluding hydrogens is 441 g/mol. The average molecular weight is 472 g/mol. The van der Waals surface area contributed by atoms with Gasteiger partial charge in [0.05, 0.1) is 14.2 Å². The molecule has 0 bridgehead atoms. The molecule has 1 fully saturated rings. The third-order valence-electron chi connectivity index (χ3n) is 5.80. The zero-order chi connectivity index (χ0) is 24.8. The number of carbonyl (C=O) groups is 3. The van der Waals surface area contributed by atoms with Crippen molar-refractivity contribution < 1.29 is 28.2 Å². The number of amides is 3. The molecule has 1 N–H and O–H groups in total. The summed E-state index contributed by atoms with van der Waals surface area (Å²) in [4.78, 5) is 42.1. The first kappa shape index (κ1) is 25.0. The van der Waals surface area contributed by atoms with Crippen LogP contribution in [-0.4, -0.2) is 74.0 Å². The Kier molecular flexibility index (Phi) is 8.09. The Hall–Kier alpha value is -3.62. The number of ether oxygens (including phenoxy) is 2. The van der Waals surface area contributed by atoms with E-state index in [1.807, 2.05) is 13.8 Å². The predicted molar refractivity (Wildman–Crippen MR) is 125 cm³/mol. The minimum atomic E-state index is -0.734. The van der Waals surface area contributed by atoms with E-state index in [1.165, 1.54) is 38.5 Å². The standard InChI is InChI=1S/C25H30FN3O5/c1-16(2)22(27-23(30)17-5-7-19(26)8-6-17)25(32)29-11-9-28(10-12-29)24(31)18-13-20(33-3)15-21(14-18)34-4/h5-8,13-16,22H,9-12H2,1-4H3,(H,27,30). The van der Waals surface area contributed by atoms with E-state index < -0.39 is 17.8 Å². The van der Waals surface area contributed by atoms with Crippen LogP contribution in [0.4, 0.5) is 4.39 Å². The van der Waals surface area contributed by atoms with Crippen molar-refractivity contribution in [2.24, 2.45) is 5.92 Å². The number of methoxy groups -OCH3 is 2. The monoisotopic (exact) mass is 471 g/mol. The van der Waals surface area contributed by atoms with Gasteiger partial charge in [-0.3, -0.25) is 14.4 Å². The number of benzene rings is 2. The van der Waals surface area contributed by atoms with Crippen molar-refractivity contribution in [2.45, 2.75) is 19.9 Å². The number of carbonyl (C=O) groups excluding carboxylic acids is 3. The number of hydrogen-bond donors (Lipinski definition) is 1. The lowest BCUT2D eigenvalue weighted by Crippen LogP contribution is -2.57. The van der Waals surface area contributed by atoms with Crippen LogP contribution >= 0.6 is 0 Å². The molecule has 0 aliphatic carbocycles. The van der Waals surface area contributed by atoms with E-state index in [0.29, 0.717) is 43.2 Å². The smallest absolute Gasteiger partial charge is 0.254 e. The first-order valence-corrected chi connectivity index (χ1v) is 11.1. The number of hydrogen-bond acceptors (Lipinski definition) is 5. The summed E-state index contributed by atoms with van der Waals surface area (Å²) in [7, 11) is 3.04. The lowest BCUT2D eigenvalue weighted by Gasteiger charge is -2.37. The Balaban J connectivity index is 1.63. The van der Waals surface area contributed by atoms with E-state index in [9.17, 15) is 18.8 Å². The Morgan fingerprint density at radius 3 is 1.88 bits per heavy atom. The van der Waals surface area contributed by atoms with Crippen molar-refractivity contribution in [1.29, 1.82) is 0 Å². The van der Waals surface area contributed by atoms with Gasteiger partial charge in [-0.25, -0.2) is 4.39 Å². The van der Waals surface area contributed by atoms with Crippen LogP contribution in [0.3, 0.4) is 0 Å². The maximum absolute atomic E-state index is 13.2. The van der Waals surface area contributed by atoms with Gasteiger partial charge in [0.25, 0.3) is 11.8 Å². The molecule has 2 aromatic carbocycles. The molecule has 2 aromatic rings. The quantitative estimate of drug-likeness (QED) is 0.671. The normalized spacial score (nSPS) is 14.5. The van der Waals surface area contributed by atoms with Gasteiger partial charge in [0, 0.05) is 43.4 Å². The van der Waals surface area contributed by atoms with E-state index in [1.54, 1.807) is 28.0 Å². The van der Waals surface area contributed by atoms with Crippen LogP contribution in [0, 0.1) is 11.7 Å². The maximum Gasteiger partial charge on any atom is 0.254 e. The minimum absolute atomic E-state index is 0.152. The van der Waals surface area contributed by atoms with Gasteiger partial charge in [-0.1, -0.05) is 13.8 Å². The zero-order valence-electron chi connectivity index (χ0n) is 19.8. The van der Waals surface area contributed by atoms with E-state index >= 15 is 0 Å². The molecule has 1 heterocycles. The highest BCUT2D eigenvalue weighted by atomic mass is 19.1. The SMILES string of the molecule is COc1cc(OC)cc(C(=O)N2CCN(C(=O)C(NC(=O)c3ccc(F)cc3)C(C)C)CC2)c1. The first-order chi connectivity index (χ1) is 16.2. The minimum Gasteiger partial charge on any atom is -0.497 e. The van der Waals surface area contributed by atoms with Crippen molar-refractivity contribution in [2.75, 3.05) is 40.4 Å². The second-order valence-electron chi connectivity index (χ2n) is 8.42. The molecule has 0 radical (unpaired) electrons. The molecule has 1 atom stereocenters. The number of piperazine rings is 1. The molecule has 9 heteroatoms. The van der Waals surface area contributed by atoms with E-state index in [-0.39, 0.29) is 23.3 Å². The van der Waals surface area contributed by atoms with Gasteiger partial charge in [0.15, 0.2) is 0 Å². The summed E-state index contributed by atoms with van der Waals surface area (Å²) < 4.78 is 23.6. The molecule has 34 heavy (non-hydrogen) atoms. The van der Waals surface area contributed by atoms with Gasteiger partial charge in [0.1, 0.15) is 23.4 Å².